The summed E-state index contributed by atoms with van der Waals surface area (Å²) < 4.78 is 19.8. The first kappa shape index (κ1) is 16.0. The lowest BCUT2D eigenvalue weighted by Crippen LogP contribution is -2.26. The van der Waals surface area contributed by atoms with Gasteiger partial charge in [0.1, 0.15) is 17.2 Å². The Balaban J connectivity index is 3.09. The minimum absolute atomic E-state index is 0.0763. The van der Waals surface area contributed by atoms with Crippen LogP contribution in [-0.2, 0) is 0 Å². The molecule has 0 amide bonds. The third-order valence-corrected chi connectivity index (χ3v) is 2.87. The topological polar surface area (TPSA) is 21.3 Å². The van der Waals surface area contributed by atoms with Crippen molar-refractivity contribution < 1.29 is 9.13 Å². The van der Waals surface area contributed by atoms with E-state index >= 15 is 0 Å². The molecular weight excluding hydrogens is 241 g/mol. The fraction of sp³-hybridized carbons (Fsp3) is 0.625. The molecular formula is C16H26FNO. The van der Waals surface area contributed by atoms with Crippen LogP contribution in [0.3, 0.4) is 0 Å². The lowest BCUT2D eigenvalue weighted by molar-refractivity contribution is 0.128. The second-order valence-electron chi connectivity index (χ2n) is 6.03. The van der Waals surface area contributed by atoms with E-state index in [0.29, 0.717) is 5.56 Å². The minimum atomic E-state index is -0.288. The zero-order valence-electron chi connectivity index (χ0n) is 12.9. The summed E-state index contributed by atoms with van der Waals surface area (Å²) in [4.78, 5) is 0. The number of ether oxygens (including phenoxy) is 1. The van der Waals surface area contributed by atoms with Crippen LogP contribution in [0, 0.1) is 12.7 Å². The number of benzene rings is 1. The Kier molecular flexibility index (Phi) is 5.36. The summed E-state index contributed by atoms with van der Waals surface area (Å²) in [5, 5.41) is 3.37. The highest BCUT2D eigenvalue weighted by Crippen LogP contribution is 2.30. The highest BCUT2D eigenvalue weighted by Gasteiger charge is 2.19. The predicted octanol–water partition coefficient (Wildman–Crippen LogP) is 4.37. The minimum Gasteiger partial charge on any atom is -0.488 e. The Morgan fingerprint density at radius 3 is 2.47 bits per heavy atom. The largest absolute Gasteiger partial charge is 0.488 e. The van der Waals surface area contributed by atoms with E-state index in [4.69, 9.17) is 4.74 Å². The molecule has 1 rings (SSSR count). The summed E-state index contributed by atoms with van der Waals surface area (Å²) >= 11 is 0. The third kappa shape index (κ3) is 4.83. The summed E-state index contributed by atoms with van der Waals surface area (Å²) in [5.41, 5.74) is 1.21. The van der Waals surface area contributed by atoms with Gasteiger partial charge >= 0.3 is 0 Å². The van der Waals surface area contributed by atoms with E-state index in [1.54, 1.807) is 19.1 Å². The monoisotopic (exact) mass is 267 g/mol. The molecule has 1 N–H and O–H groups in total. The van der Waals surface area contributed by atoms with E-state index in [2.05, 4.69) is 12.2 Å². The van der Waals surface area contributed by atoms with Crippen LogP contribution < -0.4 is 10.1 Å². The predicted molar refractivity (Wildman–Crippen MR) is 78.2 cm³/mol. The average molecular weight is 267 g/mol. The number of aryl methyl sites for hydroxylation is 1. The third-order valence-electron chi connectivity index (χ3n) is 2.87. The molecule has 0 heterocycles. The molecule has 0 fully saturated rings. The first-order valence-electron chi connectivity index (χ1n) is 6.97. The Morgan fingerprint density at radius 1 is 1.32 bits per heavy atom. The number of hydrogen-bond acceptors (Lipinski definition) is 2. The SMILES string of the molecule is CCCNC(C)c1cc(F)c(C)cc1OC(C)(C)C. The summed E-state index contributed by atoms with van der Waals surface area (Å²) in [6.07, 6.45) is 1.05. The average Bonchev–Trinajstić information content (AvgIpc) is 2.28. The molecule has 0 spiro atoms. The molecule has 0 aliphatic heterocycles. The quantitative estimate of drug-likeness (QED) is 0.855. The van der Waals surface area contributed by atoms with Crippen LogP contribution in [0.15, 0.2) is 12.1 Å². The summed E-state index contributed by atoms with van der Waals surface area (Å²) in [5.74, 6) is 0.587. The van der Waals surface area contributed by atoms with Crippen molar-refractivity contribution in [3.8, 4) is 5.75 Å². The van der Waals surface area contributed by atoms with Crippen LogP contribution in [0.5, 0.6) is 5.75 Å². The van der Waals surface area contributed by atoms with Gasteiger partial charge < -0.3 is 10.1 Å². The van der Waals surface area contributed by atoms with E-state index in [1.807, 2.05) is 27.7 Å². The molecule has 0 saturated carbocycles. The van der Waals surface area contributed by atoms with Crippen molar-refractivity contribution in [1.29, 1.82) is 0 Å². The van der Waals surface area contributed by atoms with Crippen molar-refractivity contribution in [2.45, 2.75) is 59.6 Å². The molecule has 0 radical (unpaired) electrons. The van der Waals surface area contributed by atoms with Gasteiger partial charge in [-0.15, -0.1) is 0 Å². The molecule has 108 valence electrons. The first-order chi connectivity index (χ1) is 8.74. The molecule has 0 aromatic heterocycles. The second kappa shape index (κ2) is 6.38. The van der Waals surface area contributed by atoms with E-state index in [-0.39, 0.29) is 17.5 Å². The molecule has 19 heavy (non-hydrogen) atoms. The Bertz CT molecular complexity index is 423. The van der Waals surface area contributed by atoms with E-state index < -0.39 is 0 Å². The van der Waals surface area contributed by atoms with Gasteiger partial charge in [-0.05, 0) is 65.3 Å². The van der Waals surface area contributed by atoms with E-state index in [0.717, 1.165) is 24.3 Å². The van der Waals surface area contributed by atoms with Gasteiger partial charge in [-0.25, -0.2) is 4.39 Å². The van der Waals surface area contributed by atoms with Crippen molar-refractivity contribution in [1.82, 2.24) is 5.32 Å². The number of hydrogen-bond donors (Lipinski definition) is 1. The smallest absolute Gasteiger partial charge is 0.126 e. The van der Waals surface area contributed by atoms with Gasteiger partial charge in [0.2, 0.25) is 0 Å². The van der Waals surface area contributed by atoms with Crippen LogP contribution in [0.1, 0.15) is 58.2 Å². The molecule has 1 atom stereocenters. The van der Waals surface area contributed by atoms with Gasteiger partial charge in [-0.1, -0.05) is 6.92 Å². The molecule has 2 nitrogen and oxygen atoms in total. The maximum atomic E-state index is 13.8. The molecule has 1 unspecified atom stereocenters. The van der Waals surface area contributed by atoms with Crippen molar-refractivity contribution in [3.05, 3.63) is 29.1 Å². The maximum absolute atomic E-state index is 13.8. The number of rotatable bonds is 5. The van der Waals surface area contributed by atoms with Crippen LogP contribution in [0.25, 0.3) is 0 Å². The summed E-state index contributed by atoms with van der Waals surface area (Å²) in [7, 11) is 0. The molecule has 0 aliphatic carbocycles. The van der Waals surface area contributed by atoms with Gasteiger partial charge in [-0.2, -0.15) is 0 Å². The molecule has 0 saturated heterocycles. The molecule has 3 heteroatoms. The van der Waals surface area contributed by atoms with Crippen LogP contribution in [0.2, 0.25) is 0 Å². The molecule has 1 aromatic rings. The van der Waals surface area contributed by atoms with E-state index in [9.17, 15) is 4.39 Å². The van der Waals surface area contributed by atoms with Gasteiger partial charge in [0.15, 0.2) is 0 Å². The van der Waals surface area contributed by atoms with E-state index in [1.165, 1.54) is 0 Å². The van der Waals surface area contributed by atoms with Gasteiger partial charge in [0, 0.05) is 11.6 Å². The van der Waals surface area contributed by atoms with Crippen molar-refractivity contribution >= 4 is 0 Å². The Labute approximate surface area is 116 Å². The van der Waals surface area contributed by atoms with Crippen molar-refractivity contribution in [3.63, 3.8) is 0 Å². The lowest BCUT2D eigenvalue weighted by Gasteiger charge is -2.26. The van der Waals surface area contributed by atoms with Crippen LogP contribution >= 0.6 is 0 Å². The van der Waals surface area contributed by atoms with Gasteiger partial charge in [-0.3, -0.25) is 0 Å². The zero-order chi connectivity index (χ0) is 14.6. The highest BCUT2D eigenvalue weighted by atomic mass is 19.1. The van der Waals surface area contributed by atoms with Gasteiger partial charge in [0.05, 0.1) is 0 Å². The first-order valence-corrected chi connectivity index (χ1v) is 6.97. The normalized spacial score (nSPS) is 13.4. The summed E-state index contributed by atoms with van der Waals surface area (Å²) in [6, 6.07) is 3.46. The summed E-state index contributed by atoms with van der Waals surface area (Å²) in [6.45, 7) is 12.8. The van der Waals surface area contributed by atoms with Crippen molar-refractivity contribution in [2.24, 2.45) is 0 Å². The molecule has 1 aromatic carbocycles. The maximum Gasteiger partial charge on any atom is 0.126 e. The van der Waals surface area contributed by atoms with Crippen LogP contribution in [0.4, 0.5) is 4.39 Å². The molecule has 0 bridgehead atoms. The zero-order valence-corrected chi connectivity index (χ0v) is 12.9. The number of halogens is 1. The Hall–Kier alpha value is -1.09. The second-order valence-corrected chi connectivity index (χ2v) is 6.03. The Morgan fingerprint density at radius 2 is 1.95 bits per heavy atom. The number of nitrogens with one attached hydrogen (secondary N) is 1. The molecule has 0 aliphatic rings. The van der Waals surface area contributed by atoms with Gasteiger partial charge in [0.25, 0.3) is 0 Å². The lowest BCUT2D eigenvalue weighted by atomic mass is 10.0. The van der Waals surface area contributed by atoms with Crippen LogP contribution in [-0.4, -0.2) is 12.1 Å². The van der Waals surface area contributed by atoms with Crippen molar-refractivity contribution in [2.75, 3.05) is 6.54 Å². The highest BCUT2D eigenvalue weighted by molar-refractivity contribution is 5.40. The fourth-order valence-corrected chi connectivity index (χ4v) is 1.90. The standard InChI is InChI=1S/C16H26FNO/c1-7-8-18-12(3)13-10-14(17)11(2)9-15(13)19-16(4,5)6/h9-10,12,18H,7-8H2,1-6H3. The fourth-order valence-electron chi connectivity index (χ4n) is 1.90.